The standard InChI is InChI=1S/C21H15FN2O2S/c22-17-8-6-15(7-9-17)19-18(20(26-24-19)16-10-11-27-13-16)21(25)23-12-14-4-2-1-3-5-14/h1-11,13H,12H2,(H,23,25). The molecule has 6 heteroatoms. The monoisotopic (exact) mass is 378 g/mol. The van der Waals surface area contributed by atoms with Crippen LogP contribution in [-0.2, 0) is 6.54 Å². The second-order valence-corrected chi connectivity index (χ2v) is 6.70. The number of rotatable bonds is 5. The van der Waals surface area contributed by atoms with E-state index in [9.17, 15) is 9.18 Å². The lowest BCUT2D eigenvalue weighted by molar-refractivity contribution is 0.0951. The zero-order valence-electron chi connectivity index (χ0n) is 14.2. The number of hydrogen-bond donors (Lipinski definition) is 1. The predicted molar refractivity (Wildman–Crippen MR) is 103 cm³/mol. The van der Waals surface area contributed by atoms with Gasteiger partial charge in [-0.25, -0.2) is 4.39 Å². The first kappa shape index (κ1) is 17.2. The van der Waals surface area contributed by atoms with Gasteiger partial charge in [0.2, 0.25) is 0 Å². The highest BCUT2D eigenvalue weighted by atomic mass is 32.1. The maximum absolute atomic E-state index is 13.3. The first-order valence-electron chi connectivity index (χ1n) is 8.32. The Morgan fingerprint density at radius 2 is 1.81 bits per heavy atom. The Kier molecular flexibility index (Phi) is 4.80. The van der Waals surface area contributed by atoms with Crippen molar-refractivity contribution in [2.24, 2.45) is 0 Å². The maximum atomic E-state index is 13.3. The fourth-order valence-corrected chi connectivity index (χ4v) is 3.40. The summed E-state index contributed by atoms with van der Waals surface area (Å²) in [6, 6.07) is 17.3. The van der Waals surface area contributed by atoms with Crippen molar-refractivity contribution in [3.8, 4) is 22.6 Å². The van der Waals surface area contributed by atoms with Crippen LogP contribution in [0.1, 0.15) is 15.9 Å². The van der Waals surface area contributed by atoms with Crippen molar-refractivity contribution in [2.45, 2.75) is 6.54 Å². The van der Waals surface area contributed by atoms with Crippen LogP contribution >= 0.6 is 11.3 Å². The van der Waals surface area contributed by atoms with Gasteiger partial charge in [0.25, 0.3) is 5.91 Å². The molecule has 0 saturated heterocycles. The van der Waals surface area contributed by atoms with E-state index in [4.69, 9.17) is 4.52 Å². The Morgan fingerprint density at radius 3 is 2.52 bits per heavy atom. The van der Waals surface area contributed by atoms with Crippen molar-refractivity contribution in [3.05, 3.63) is 88.4 Å². The number of nitrogens with one attached hydrogen (secondary N) is 1. The van der Waals surface area contributed by atoms with Crippen LogP contribution in [0.2, 0.25) is 0 Å². The van der Waals surface area contributed by atoms with Gasteiger partial charge in [0.1, 0.15) is 17.1 Å². The molecule has 0 atom stereocenters. The van der Waals surface area contributed by atoms with E-state index in [1.165, 1.54) is 23.5 Å². The van der Waals surface area contributed by atoms with Crippen LogP contribution in [0.15, 0.2) is 75.9 Å². The third-order valence-electron chi connectivity index (χ3n) is 4.12. The van der Waals surface area contributed by atoms with E-state index in [2.05, 4.69) is 10.5 Å². The molecule has 0 bridgehead atoms. The van der Waals surface area contributed by atoms with Crippen LogP contribution in [0.5, 0.6) is 0 Å². The molecule has 1 N–H and O–H groups in total. The normalized spacial score (nSPS) is 10.7. The number of aromatic nitrogens is 1. The van der Waals surface area contributed by atoms with Crippen molar-refractivity contribution in [2.75, 3.05) is 0 Å². The third kappa shape index (κ3) is 3.66. The lowest BCUT2D eigenvalue weighted by Crippen LogP contribution is -2.23. The number of thiophene rings is 1. The van der Waals surface area contributed by atoms with Gasteiger partial charge in [-0.3, -0.25) is 4.79 Å². The molecule has 0 aliphatic rings. The highest BCUT2D eigenvalue weighted by molar-refractivity contribution is 7.08. The van der Waals surface area contributed by atoms with Gasteiger partial charge in [-0.15, -0.1) is 0 Å². The Balaban J connectivity index is 1.70. The van der Waals surface area contributed by atoms with E-state index in [-0.39, 0.29) is 11.7 Å². The van der Waals surface area contributed by atoms with Crippen LogP contribution in [0.4, 0.5) is 4.39 Å². The third-order valence-corrected chi connectivity index (χ3v) is 4.80. The number of halogens is 1. The van der Waals surface area contributed by atoms with Gasteiger partial charge >= 0.3 is 0 Å². The van der Waals surface area contributed by atoms with Crippen LogP contribution in [-0.4, -0.2) is 11.1 Å². The lowest BCUT2D eigenvalue weighted by atomic mass is 10.0. The fourth-order valence-electron chi connectivity index (χ4n) is 2.76. The summed E-state index contributed by atoms with van der Waals surface area (Å²) in [5.41, 5.74) is 3.12. The summed E-state index contributed by atoms with van der Waals surface area (Å²) in [6.45, 7) is 0.386. The highest BCUT2D eigenvalue weighted by Crippen LogP contribution is 2.33. The Labute approximate surface area is 159 Å². The molecule has 0 spiro atoms. The van der Waals surface area contributed by atoms with E-state index in [1.807, 2.05) is 47.2 Å². The molecule has 4 rings (SSSR count). The molecule has 4 aromatic rings. The van der Waals surface area contributed by atoms with Crippen LogP contribution in [0.25, 0.3) is 22.6 Å². The molecule has 2 aromatic carbocycles. The van der Waals surface area contributed by atoms with Gasteiger partial charge in [0, 0.05) is 23.1 Å². The zero-order valence-corrected chi connectivity index (χ0v) is 15.0. The summed E-state index contributed by atoms with van der Waals surface area (Å²) < 4.78 is 18.8. The van der Waals surface area contributed by atoms with E-state index < -0.39 is 0 Å². The molecule has 2 heterocycles. The van der Waals surface area contributed by atoms with Crippen molar-refractivity contribution in [3.63, 3.8) is 0 Å². The van der Waals surface area contributed by atoms with Gasteiger partial charge in [-0.05, 0) is 41.3 Å². The molecular weight excluding hydrogens is 363 g/mol. The lowest BCUT2D eigenvalue weighted by Gasteiger charge is -2.07. The largest absolute Gasteiger partial charge is 0.355 e. The van der Waals surface area contributed by atoms with Crippen molar-refractivity contribution in [1.82, 2.24) is 10.5 Å². The molecule has 1 amide bonds. The number of carbonyl (C=O) groups is 1. The van der Waals surface area contributed by atoms with E-state index in [0.717, 1.165) is 11.1 Å². The summed E-state index contributed by atoms with van der Waals surface area (Å²) in [6.07, 6.45) is 0. The molecule has 0 aliphatic heterocycles. The van der Waals surface area contributed by atoms with Gasteiger partial charge < -0.3 is 9.84 Å². The number of nitrogens with zero attached hydrogens (tertiary/aromatic N) is 1. The number of hydrogen-bond acceptors (Lipinski definition) is 4. The minimum Gasteiger partial charge on any atom is -0.355 e. The van der Waals surface area contributed by atoms with Gasteiger partial charge in [-0.2, -0.15) is 11.3 Å². The first-order valence-corrected chi connectivity index (χ1v) is 9.27. The summed E-state index contributed by atoms with van der Waals surface area (Å²) in [4.78, 5) is 13.0. The van der Waals surface area contributed by atoms with Crippen molar-refractivity contribution in [1.29, 1.82) is 0 Å². The smallest absolute Gasteiger partial charge is 0.257 e. The SMILES string of the molecule is O=C(NCc1ccccc1)c1c(-c2ccc(F)cc2)noc1-c1ccsc1. The van der Waals surface area contributed by atoms with Crippen LogP contribution in [0, 0.1) is 5.82 Å². The van der Waals surface area contributed by atoms with Gasteiger partial charge in [-0.1, -0.05) is 35.5 Å². The summed E-state index contributed by atoms with van der Waals surface area (Å²) in [7, 11) is 0. The molecule has 0 radical (unpaired) electrons. The molecule has 2 aromatic heterocycles. The van der Waals surface area contributed by atoms with E-state index >= 15 is 0 Å². The van der Waals surface area contributed by atoms with Gasteiger partial charge in [0.05, 0.1) is 0 Å². The average molecular weight is 378 g/mol. The Morgan fingerprint density at radius 1 is 1.04 bits per heavy atom. The topological polar surface area (TPSA) is 55.1 Å². The maximum Gasteiger partial charge on any atom is 0.257 e. The molecular formula is C21H15FN2O2S. The zero-order chi connectivity index (χ0) is 18.6. The highest BCUT2D eigenvalue weighted by Gasteiger charge is 2.25. The number of carbonyl (C=O) groups excluding carboxylic acids is 1. The van der Waals surface area contributed by atoms with E-state index in [0.29, 0.717) is 29.1 Å². The second-order valence-electron chi connectivity index (χ2n) is 5.92. The second kappa shape index (κ2) is 7.55. The fraction of sp³-hybridized carbons (Fsp3) is 0.0476. The van der Waals surface area contributed by atoms with E-state index in [1.54, 1.807) is 12.1 Å². The molecule has 0 unspecified atom stereocenters. The Hall–Kier alpha value is -3.25. The minimum absolute atomic E-state index is 0.291. The Bertz CT molecular complexity index is 1040. The predicted octanol–water partition coefficient (Wildman–Crippen LogP) is 5.14. The number of amides is 1. The molecule has 0 fully saturated rings. The van der Waals surface area contributed by atoms with Crippen LogP contribution < -0.4 is 5.32 Å². The summed E-state index contributed by atoms with van der Waals surface area (Å²) >= 11 is 1.50. The van der Waals surface area contributed by atoms with Crippen LogP contribution in [0.3, 0.4) is 0 Å². The quantitative estimate of drug-likeness (QED) is 0.523. The number of benzene rings is 2. The average Bonchev–Trinajstić information content (AvgIpc) is 3.37. The minimum atomic E-state index is -0.351. The molecule has 4 nitrogen and oxygen atoms in total. The summed E-state index contributed by atoms with van der Waals surface area (Å²) in [5, 5.41) is 10.8. The molecule has 0 saturated carbocycles. The molecule has 0 aliphatic carbocycles. The van der Waals surface area contributed by atoms with Crippen molar-refractivity contribution >= 4 is 17.2 Å². The molecule has 27 heavy (non-hydrogen) atoms. The van der Waals surface area contributed by atoms with Gasteiger partial charge in [0.15, 0.2) is 5.76 Å². The first-order chi connectivity index (χ1) is 13.2. The van der Waals surface area contributed by atoms with Crippen molar-refractivity contribution < 1.29 is 13.7 Å². The summed E-state index contributed by atoms with van der Waals surface area (Å²) in [5.74, 6) is -0.239. The molecule has 134 valence electrons.